The van der Waals surface area contributed by atoms with E-state index in [1.165, 1.54) is 31.4 Å². The Balaban J connectivity index is 1.74. The third-order valence-corrected chi connectivity index (χ3v) is 7.41. The first-order chi connectivity index (χ1) is 14.6. The number of methoxy groups -OCH3 is 1. The van der Waals surface area contributed by atoms with Crippen LogP contribution in [0.4, 0.5) is 11.4 Å². The van der Waals surface area contributed by atoms with E-state index >= 15 is 0 Å². The van der Waals surface area contributed by atoms with E-state index in [4.69, 9.17) is 4.74 Å². The molecule has 3 aromatic carbocycles. The molecule has 0 aliphatic heterocycles. The molecule has 0 aliphatic carbocycles. The van der Waals surface area contributed by atoms with Gasteiger partial charge in [0.05, 0.1) is 16.9 Å². The molecule has 0 amide bonds. The first-order valence-corrected chi connectivity index (χ1v) is 12.5. The summed E-state index contributed by atoms with van der Waals surface area (Å²) in [6.45, 7) is 4.06. The van der Waals surface area contributed by atoms with Gasteiger partial charge in [-0.1, -0.05) is 26.0 Å². The second kappa shape index (κ2) is 8.99. The number of benzene rings is 3. The smallest absolute Gasteiger partial charge is 0.261 e. The number of ether oxygens (including phenoxy) is 1. The topological polar surface area (TPSA) is 102 Å². The maximum atomic E-state index is 12.6. The molecular formula is C22H24N2O5S2. The molecule has 31 heavy (non-hydrogen) atoms. The molecule has 3 rings (SSSR count). The van der Waals surface area contributed by atoms with Gasteiger partial charge in [0.2, 0.25) is 0 Å². The van der Waals surface area contributed by atoms with Crippen molar-refractivity contribution in [3.05, 3.63) is 78.4 Å². The average Bonchev–Trinajstić information content (AvgIpc) is 2.74. The van der Waals surface area contributed by atoms with Crippen molar-refractivity contribution >= 4 is 31.4 Å². The van der Waals surface area contributed by atoms with E-state index < -0.39 is 20.0 Å². The van der Waals surface area contributed by atoms with Crippen LogP contribution >= 0.6 is 0 Å². The standard InChI is InChI=1S/C22H24N2O5S2/c1-16(2)17-4-12-21(13-5-17)30(25,26)24-19-8-14-22(15-9-19)31(27,28)23-18-6-10-20(29-3)11-7-18/h4-16,23-24H,1-3H3. The fraction of sp³-hybridized carbons (Fsp3) is 0.182. The first kappa shape index (κ1) is 22.6. The molecule has 2 N–H and O–H groups in total. The Morgan fingerprint density at radius 3 is 1.42 bits per heavy atom. The Morgan fingerprint density at radius 1 is 0.645 bits per heavy atom. The monoisotopic (exact) mass is 460 g/mol. The van der Waals surface area contributed by atoms with Crippen LogP contribution in [0.2, 0.25) is 0 Å². The lowest BCUT2D eigenvalue weighted by molar-refractivity contribution is 0.415. The first-order valence-electron chi connectivity index (χ1n) is 9.50. The molecule has 3 aromatic rings. The highest BCUT2D eigenvalue weighted by molar-refractivity contribution is 7.93. The summed E-state index contributed by atoms with van der Waals surface area (Å²) in [5.74, 6) is 0.907. The van der Waals surface area contributed by atoms with Gasteiger partial charge in [0, 0.05) is 11.4 Å². The van der Waals surface area contributed by atoms with Crippen molar-refractivity contribution in [3.8, 4) is 5.75 Å². The highest BCUT2D eigenvalue weighted by atomic mass is 32.2. The molecule has 0 heterocycles. The zero-order chi connectivity index (χ0) is 22.6. The van der Waals surface area contributed by atoms with Crippen molar-refractivity contribution in [1.29, 1.82) is 0 Å². The van der Waals surface area contributed by atoms with Gasteiger partial charge in [-0.25, -0.2) is 16.8 Å². The van der Waals surface area contributed by atoms with Crippen LogP contribution in [0.15, 0.2) is 82.6 Å². The van der Waals surface area contributed by atoms with Gasteiger partial charge in [-0.05, 0) is 72.1 Å². The second-order valence-electron chi connectivity index (χ2n) is 7.19. The summed E-state index contributed by atoms with van der Waals surface area (Å²) in [4.78, 5) is 0.141. The summed E-state index contributed by atoms with van der Waals surface area (Å²) in [5, 5.41) is 0. The molecule has 7 nitrogen and oxygen atoms in total. The van der Waals surface area contributed by atoms with Crippen molar-refractivity contribution in [2.45, 2.75) is 29.6 Å². The van der Waals surface area contributed by atoms with E-state index in [2.05, 4.69) is 9.44 Å². The Labute approximate surface area is 183 Å². The van der Waals surface area contributed by atoms with Crippen LogP contribution in [0.25, 0.3) is 0 Å². The van der Waals surface area contributed by atoms with Crippen LogP contribution in [0.3, 0.4) is 0 Å². The van der Waals surface area contributed by atoms with Crippen molar-refractivity contribution in [2.24, 2.45) is 0 Å². The van der Waals surface area contributed by atoms with E-state index in [0.717, 1.165) is 5.56 Å². The maximum Gasteiger partial charge on any atom is 0.261 e. The van der Waals surface area contributed by atoms with Gasteiger partial charge in [-0.3, -0.25) is 9.44 Å². The quantitative estimate of drug-likeness (QED) is 0.518. The molecule has 0 unspecified atom stereocenters. The highest BCUT2D eigenvalue weighted by Gasteiger charge is 2.17. The van der Waals surface area contributed by atoms with Gasteiger partial charge in [0.15, 0.2) is 0 Å². The molecule has 0 saturated carbocycles. The Morgan fingerprint density at radius 2 is 1.03 bits per heavy atom. The van der Waals surface area contributed by atoms with Crippen LogP contribution in [0.1, 0.15) is 25.3 Å². The SMILES string of the molecule is COc1ccc(NS(=O)(=O)c2ccc(NS(=O)(=O)c3ccc(C(C)C)cc3)cc2)cc1. The molecular weight excluding hydrogens is 436 g/mol. The van der Waals surface area contributed by atoms with Crippen LogP contribution in [0, 0.1) is 0 Å². The van der Waals surface area contributed by atoms with E-state index in [1.807, 2.05) is 13.8 Å². The molecule has 0 aliphatic rings. The number of hydrogen-bond donors (Lipinski definition) is 2. The Bertz CT molecular complexity index is 1230. The summed E-state index contributed by atoms with van der Waals surface area (Å²) in [6.07, 6.45) is 0. The van der Waals surface area contributed by atoms with Crippen LogP contribution in [0.5, 0.6) is 5.75 Å². The van der Waals surface area contributed by atoms with Crippen molar-refractivity contribution in [3.63, 3.8) is 0 Å². The molecule has 0 aromatic heterocycles. The lowest BCUT2D eigenvalue weighted by Gasteiger charge is -2.12. The molecule has 0 radical (unpaired) electrons. The molecule has 0 saturated heterocycles. The van der Waals surface area contributed by atoms with Gasteiger partial charge in [-0.2, -0.15) is 0 Å². The molecule has 9 heteroatoms. The molecule has 164 valence electrons. The lowest BCUT2D eigenvalue weighted by Crippen LogP contribution is -2.14. The molecule has 0 atom stereocenters. The molecule has 0 fully saturated rings. The number of rotatable bonds is 8. The predicted octanol–water partition coefficient (Wildman–Crippen LogP) is 4.42. The predicted molar refractivity (Wildman–Crippen MR) is 122 cm³/mol. The van der Waals surface area contributed by atoms with Crippen LogP contribution in [-0.2, 0) is 20.0 Å². The van der Waals surface area contributed by atoms with Gasteiger partial charge >= 0.3 is 0 Å². The average molecular weight is 461 g/mol. The van der Waals surface area contributed by atoms with Gasteiger partial charge in [0.1, 0.15) is 5.75 Å². The maximum absolute atomic E-state index is 12.6. The van der Waals surface area contributed by atoms with E-state index in [9.17, 15) is 16.8 Å². The van der Waals surface area contributed by atoms with Crippen molar-refractivity contribution < 1.29 is 21.6 Å². The van der Waals surface area contributed by atoms with E-state index in [0.29, 0.717) is 17.4 Å². The van der Waals surface area contributed by atoms with E-state index in [-0.39, 0.29) is 15.5 Å². The minimum Gasteiger partial charge on any atom is -0.497 e. The minimum atomic E-state index is -3.83. The fourth-order valence-electron chi connectivity index (χ4n) is 2.82. The van der Waals surface area contributed by atoms with Gasteiger partial charge < -0.3 is 4.74 Å². The minimum absolute atomic E-state index is 0.00699. The molecule has 0 bridgehead atoms. The zero-order valence-corrected chi connectivity index (χ0v) is 19.0. The summed E-state index contributed by atoms with van der Waals surface area (Å²) in [7, 11) is -6.09. The van der Waals surface area contributed by atoms with Gasteiger partial charge in [-0.15, -0.1) is 0 Å². The number of anilines is 2. The second-order valence-corrected chi connectivity index (χ2v) is 10.6. The summed E-state index contributed by atoms with van der Waals surface area (Å²) >= 11 is 0. The normalized spacial score (nSPS) is 11.9. The van der Waals surface area contributed by atoms with Crippen molar-refractivity contribution in [2.75, 3.05) is 16.6 Å². The molecule has 0 spiro atoms. The Hall–Kier alpha value is -3.04. The highest BCUT2D eigenvalue weighted by Crippen LogP contribution is 2.23. The summed E-state index contributed by atoms with van der Waals surface area (Å²) in [5.41, 5.74) is 1.68. The largest absolute Gasteiger partial charge is 0.497 e. The third-order valence-electron chi connectivity index (χ3n) is 4.62. The lowest BCUT2D eigenvalue weighted by atomic mass is 10.0. The summed E-state index contributed by atoms with van der Waals surface area (Å²) in [6, 6.07) is 18.6. The number of sulfonamides is 2. The van der Waals surface area contributed by atoms with E-state index in [1.54, 1.807) is 48.5 Å². The zero-order valence-electron chi connectivity index (χ0n) is 17.4. The summed E-state index contributed by atoms with van der Waals surface area (Å²) < 4.78 is 60.4. The van der Waals surface area contributed by atoms with Crippen LogP contribution in [-0.4, -0.2) is 23.9 Å². The number of nitrogens with one attached hydrogen (secondary N) is 2. The fourth-order valence-corrected chi connectivity index (χ4v) is 4.94. The third kappa shape index (κ3) is 5.56. The van der Waals surface area contributed by atoms with Gasteiger partial charge in [0.25, 0.3) is 20.0 Å². The van der Waals surface area contributed by atoms with Crippen LogP contribution < -0.4 is 14.2 Å². The van der Waals surface area contributed by atoms with Crippen molar-refractivity contribution in [1.82, 2.24) is 0 Å². The Kier molecular flexibility index (Phi) is 6.56. The number of hydrogen-bond acceptors (Lipinski definition) is 5.